The van der Waals surface area contributed by atoms with Gasteiger partial charge < -0.3 is 29.4 Å². The number of hydrogen-bond donors (Lipinski definition) is 2. The van der Waals surface area contributed by atoms with Crippen molar-refractivity contribution in [2.75, 3.05) is 40.0 Å². The monoisotopic (exact) mass is 375 g/mol. The highest BCUT2D eigenvalue weighted by molar-refractivity contribution is 5.70. The van der Waals surface area contributed by atoms with E-state index in [4.69, 9.17) is 14.2 Å². The van der Waals surface area contributed by atoms with Gasteiger partial charge in [0.2, 0.25) is 0 Å². The number of rotatable bonds is 12. The van der Waals surface area contributed by atoms with Crippen molar-refractivity contribution in [3.05, 3.63) is 54.6 Å². The summed E-state index contributed by atoms with van der Waals surface area (Å²) in [5.74, 6) is 1.55. The highest BCUT2D eigenvalue weighted by Gasteiger charge is 2.05. The molecule has 0 amide bonds. The van der Waals surface area contributed by atoms with E-state index in [1.807, 2.05) is 30.3 Å². The highest BCUT2D eigenvalue weighted by atomic mass is 16.6. The molecule has 2 aromatic carbocycles. The van der Waals surface area contributed by atoms with Gasteiger partial charge in [0.05, 0.1) is 7.11 Å². The molecule has 0 aromatic heterocycles. The van der Waals surface area contributed by atoms with E-state index in [0.29, 0.717) is 31.2 Å². The van der Waals surface area contributed by atoms with Crippen LogP contribution in [0.4, 0.5) is 0 Å². The van der Waals surface area contributed by atoms with Crippen LogP contribution >= 0.6 is 0 Å². The zero-order chi connectivity index (χ0) is 19.3. The van der Waals surface area contributed by atoms with Crippen molar-refractivity contribution in [1.29, 1.82) is 0 Å². The number of esters is 1. The lowest BCUT2D eigenvalue weighted by atomic mass is 10.3. The molecule has 0 unspecified atom stereocenters. The van der Waals surface area contributed by atoms with E-state index >= 15 is 0 Å². The largest absolute Gasteiger partial charge is 0.492 e. The standard InChI is InChI=1S/C20H25NO6/c1-24-20(23)15-27-19-9-7-18(8-10-19)25-12-11-21-13-16(22)14-26-17-5-3-2-4-6-17/h2-10,16,21-22H,11-15H2,1H3/t16-/m1/s1. The first-order chi connectivity index (χ1) is 13.2. The fourth-order valence-corrected chi connectivity index (χ4v) is 2.11. The molecule has 0 aliphatic carbocycles. The second-order valence-corrected chi connectivity index (χ2v) is 5.67. The molecular formula is C20H25NO6. The number of nitrogens with one attached hydrogen (secondary N) is 1. The third-order valence-electron chi connectivity index (χ3n) is 3.52. The number of aliphatic hydroxyl groups excluding tert-OH is 1. The Kier molecular flexibility index (Phi) is 8.95. The van der Waals surface area contributed by atoms with Crippen LogP contribution in [0.1, 0.15) is 0 Å². The third-order valence-corrected chi connectivity index (χ3v) is 3.52. The number of methoxy groups -OCH3 is 1. The molecule has 1 atom stereocenters. The first kappa shape index (κ1) is 20.5. The Balaban J connectivity index is 1.55. The Labute approximate surface area is 158 Å². The summed E-state index contributed by atoms with van der Waals surface area (Å²) < 4.78 is 20.8. The van der Waals surface area contributed by atoms with E-state index in [1.165, 1.54) is 7.11 Å². The lowest BCUT2D eigenvalue weighted by Crippen LogP contribution is -2.33. The van der Waals surface area contributed by atoms with Crippen molar-refractivity contribution >= 4 is 5.97 Å². The summed E-state index contributed by atoms with van der Waals surface area (Å²) in [6, 6.07) is 16.3. The average molecular weight is 375 g/mol. The minimum atomic E-state index is -0.601. The summed E-state index contributed by atoms with van der Waals surface area (Å²) in [6.45, 7) is 1.55. The number of para-hydroxylation sites is 1. The van der Waals surface area contributed by atoms with E-state index < -0.39 is 12.1 Å². The van der Waals surface area contributed by atoms with Crippen LogP contribution in [0, 0.1) is 0 Å². The second-order valence-electron chi connectivity index (χ2n) is 5.67. The van der Waals surface area contributed by atoms with Crippen LogP contribution in [0.3, 0.4) is 0 Å². The molecule has 0 spiro atoms. The Hall–Kier alpha value is -2.77. The van der Waals surface area contributed by atoms with Gasteiger partial charge in [0.25, 0.3) is 0 Å². The minimum Gasteiger partial charge on any atom is -0.492 e. The first-order valence-corrected chi connectivity index (χ1v) is 8.66. The molecular weight excluding hydrogens is 350 g/mol. The fraction of sp³-hybridized carbons (Fsp3) is 0.350. The number of hydrogen-bond acceptors (Lipinski definition) is 7. The molecule has 27 heavy (non-hydrogen) atoms. The lowest BCUT2D eigenvalue weighted by Gasteiger charge is -2.13. The molecule has 0 saturated heterocycles. The number of benzene rings is 2. The molecule has 2 N–H and O–H groups in total. The number of carbonyl (C=O) groups excluding carboxylic acids is 1. The molecule has 7 nitrogen and oxygen atoms in total. The van der Waals surface area contributed by atoms with Gasteiger partial charge in [-0.2, -0.15) is 0 Å². The number of ether oxygens (including phenoxy) is 4. The van der Waals surface area contributed by atoms with Crippen LogP contribution in [-0.2, 0) is 9.53 Å². The molecule has 0 aliphatic heterocycles. The number of aliphatic hydroxyl groups is 1. The van der Waals surface area contributed by atoms with E-state index in [0.717, 1.165) is 5.75 Å². The Bertz CT molecular complexity index is 662. The van der Waals surface area contributed by atoms with Gasteiger partial charge in [-0.15, -0.1) is 0 Å². The van der Waals surface area contributed by atoms with Crippen molar-refractivity contribution in [1.82, 2.24) is 5.32 Å². The van der Waals surface area contributed by atoms with Crippen LogP contribution < -0.4 is 19.5 Å². The molecule has 0 bridgehead atoms. The molecule has 0 radical (unpaired) electrons. The van der Waals surface area contributed by atoms with Gasteiger partial charge in [-0.1, -0.05) is 18.2 Å². The smallest absolute Gasteiger partial charge is 0.343 e. The Morgan fingerprint density at radius 1 is 0.963 bits per heavy atom. The third kappa shape index (κ3) is 8.44. The molecule has 2 aromatic rings. The maximum Gasteiger partial charge on any atom is 0.343 e. The number of carbonyl (C=O) groups is 1. The summed E-state index contributed by atoms with van der Waals surface area (Å²) in [7, 11) is 1.31. The normalized spacial score (nSPS) is 11.5. The summed E-state index contributed by atoms with van der Waals surface area (Å²) in [5.41, 5.74) is 0. The summed E-state index contributed by atoms with van der Waals surface area (Å²) >= 11 is 0. The SMILES string of the molecule is COC(=O)COc1ccc(OCCNC[C@@H](O)COc2ccccc2)cc1. The second kappa shape index (κ2) is 11.8. The summed E-state index contributed by atoms with van der Waals surface area (Å²) in [6.07, 6.45) is -0.601. The quantitative estimate of drug-likeness (QED) is 0.431. The van der Waals surface area contributed by atoms with E-state index in [1.54, 1.807) is 24.3 Å². The summed E-state index contributed by atoms with van der Waals surface area (Å²) in [4.78, 5) is 11.0. The average Bonchev–Trinajstić information content (AvgIpc) is 2.71. The van der Waals surface area contributed by atoms with Crippen LogP contribution in [0.2, 0.25) is 0 Å². The van der Waals surface area contributed by atoms with Crippen molar-refractivity contribution in [3.8, 4) is 17.2 Å². The van der Waals surface area contributed by atoms with Gasteiger partial charge in [0, 0.05) is 13.1 Å². The van der Waals surface area contributed by atoms with Gasteiger partial charge in [-0.05, 0) is 36.4 Å². The van der Waals surface area contributed by atoms with Gasteiger partial charge in [-0.25, -0.2) is 4.79 Å². The molecule has 146 valence electrons. The van der Waals surface area contributed by atoms with Gasteiger partial charge in [-0.3, -0.25) is 0 Å². The molecule has 0 aliphatic rings. The van der Waals surface area contributed by atoms with Crippen molar-refractivity contribution in [3.63, 3.8) is 0 Å². The highest BCUT2D eigenvalue weighted by Crippen LogP contribution is 2.17. The molecule has 7 heteroatoms. The fourth-order valence-electron chi connectivity index (χ4n) is 2.11. The molecule has 0 saturated carbocycles. The predicted octanol–water partition coefficient (Wildman–Crippen LogP) is 1.65. The summed E-state index contributed by atoms with van der Waals surface area (Å²) in [5, 5.41) is 13.0. The van der Waals surface area contributed by atoms with Crippen molar-refractivity contribution in [2.45, 2.75) is 6.10 Å². The van der Waals surface area contributed by atoms with Crippen LogP contribution in [0.15, 0.2) is 54.6 Å². The minimum absolute atomic E-state index is 0.128. The van der Waals surface area contributed by atoms with Gasteiger partial charge in [0.1, 0.15) is 36.6 Å². The topological polar surface area (TPSA) is 86.3 Å². The molecule has 2 rings (SSSR count). The van der Waals surface area contributed by atoms with Crippen molar-refractivity contribution < 1.29 is 28.8 Å². The van der Waals surface area contributed by atoms with E-state index in [2.05, 4.69) is 10.1 Å². The molecule has 0 heterocycles. The maximum atomic E-state index is 11.0. The lowest BCUT2D eigenvalue weighted by molar-refractivity contribution is -0.142. The Morgan fingerprint density at radius 2 is 1.59 bits per heavy atom. The van der Waals surface area contributed by atoms with Crippen LogP contribution in [0.25, 0.3) is 0 Å². The maximum absolute atomic E-state index is 11.0. The Morgan fingerprint density at radius 3 is 2.26 bits per heavy atom. The van der Waals surface area contributed by atoms with E-state index in [-0.39, 0.29) is 13.2 Å². The van der Waals surface area contributed by atoms with Crippen LogP contribution in [0.5, 0.6) is 17.2 Å². The molecule has 0 fully saturated rings. The van der Waals surface area contributed by atoms with Crippen molar-refractivity contribution in [2.24, 2.45) is 0 Å². The van der Waals surface area contributed by atoms with Crippen LogP contribution in [-0.4, -0.2) is 57.2 Å². The first-order valence-electron chi connectivity index (χ1n) is 8.66. The van der Waals surface area contributed by atoms with Gasteiger partial charge >= 0.3 is 5.97 Å². The zero-order valence-electron chi connectivity index (χ0n) is 15.3. The van der Waals surface area contributed by atoms with E-state index in [9.17, 15) is 9.90 Å². The predicted molar refractivity (Wildman–Crippen MR) is 100 cm³/mol. The zero-order valence-corrected chi connectivity index (χ0v) is 15.3. The van der Waals surface area contributed by atoms with Gasteiger partial charge in [0.15, 0.2) is 6.61 Å².